The zero-order valence-electron chi connectivity index (χ0n) is 10.5. The van der Waals surface area contributed by atoms with Crippen molar-refractivity contribution in [1.82, 2.24) is 9.55 Å². The normalized spacial score (nSPS) is 11.7. The van der Waals surface area contributed by atoms with Crippen LogP contribution in [0.1, 0.15) is 11.1 Å². The van der Waals surface area contributed by atoms with E-state index in [-0.39, 0.29) is 16.3 Å². The summed E-state index contributed by atoms with van der Waals surface area (Å²) in [5.74, 6) is -0.773. The van der Waals surface area contributed by atoms with Crippen LogP contribution in [0.5, 0.6) is 5.88 Å². The average molecular weight is 321 g/mol. The molecule has 0 saturated carbocycles. The summed E-state index contributed by atoms with van der Waals surface area (Å²) in [6, 6.07) is 2.31. The fourth-order valence-corrected chi connectivity index (χ4v) is 1.90. The molecule has 0 spiro atoms. The van der Waals surface area contributed by atoms with Crippen LogP contribution in [-0.2, 0) is 6.18 Å². The Morgan fingerprint density at radius 3 is 2.48 bits per heavy atom. The largest absolute Gasteiger partial charge is 0.494 e. The van der Waals surface area contributed by atoms with Gasteiger partial charge in [0.2, 0.25) is 5.88 Å². The van der Waals surface area contributed by atoms with Crippen LogP contribution in [0.4, 0.5) is 13.2 Å². The van der Waals surface area contributed by atoms with Gasteiger partial charge in [-0.3, -0.25) is 9.78 Å². The molecule has 112 valence electrons. The quantitative estimate of drug-likeness (QED) is 0.846. The monoisotopic (exact) mass is 320 g/mol. The maximum atomic E-state index is 12.7. The minimum absolute atomic E-state index is 0.188. The summed E-state index contributed by atoms with van der Waals surface area (Å²) in [7, 11) is 0. The van der Waals surface area contributed by atoms with E-state index in [9.17, 15) is 27.9 Å². The molecule has 0 amide bonds. The summed E-state index contributed by atoms with van der Waals surface area (Å²) in [6.07, 6.45) is -4.64. The van der Waals surface area contributed by atoms with Gasteiger partial charge in [0.1, 0.15) is 0 Å². The van der Waals surface area contributed by atoms with Crippen LogP contribution in [0, 0.1) is 6.92 Å². The topological polar surface area (TPSA) is 75.1 Å². The Morgan fingerprint density at radius 2 is 1.90 bits per heavy atom. The summed E-state index contributed by atoms with van der Waals surface area (Å²) >= 11 is 5.79. The third kappa shape index (κ3) is 2.66. The van der Waals surface area contributed by atoms with Crippen molar-refractivity contribution in [2.24, 2.45) is 0 Å². The number of benzene rings is 1. The molecule has 2 N–H and O–H groups in total. The van der Waals surface area contributed by atoms with Gasteiger partial charge in [-0.2, -0.15) is 13.2 Å². The summed E-state index contributed by atoms with van der Waals surface area (Å²) in [6.45, 7) is 1.21. The van der Waals surface area contributed by atoms with Gasteiger partial charge in [-0.05, 0) is 25.1 Å². The third-order valence-electron chi connectivity index (χ3n) is 2.83. The number of H-pyrrole nitrogens is 1. The summed E-state index contributed by atoms with van der Waals surface area (Å²) in [4.78, 5) is 24.9. The first-order chi connectivity index (χ1) is 9.62. The van der Waals surface area contributed by atoms with Crippen LogP contribution in [-0.4, -0.2) is 14.7 Å². The number of hydrogen-bond donors (Lipinski definition) is 2. The molecule has 2 aromatic rings. The minimum atomic E-state index is -4.64. The maximum absolute atomic E-state index is 12.7. The molecule has 0 aliphatic carbocycles. The molecule has 21 heavy (non-hydrogen) atoms. The Labute approximate surface area is 120 Å². The smallest absolute Gasteiger partial charge is 0.416 e. The predicted octanol–water partition coefficient (Wildman–Crippen LogP) is 2.21. The van der Waals surface area contributed by atoms with E-state index < -0.39 is 28.9 Å². The number of hydrogen-bond acceptors (Lipinski definition) is 3. The molecule has 1 heterocycles. The standard InChI is InChI=1S/C12H8ClF3N2O3/c1-5-9(19)17-11(21)18(10(5)20)8-4-6(12(14,15)16)2-3-7(8)13/h2-4,20H,1H3,(H,17,19,21). The summed E-state index contributed by atoms with van der Waals surface area (Å²) in [5.41, 5.74) is -3.57. The Balaban J connectivity index is 2.83. The SMILES string of the molecule is Cc1c(O)n(-c2cc(C(F)(F)F)ccc2Cl)c(=O)[nH]c1=O. The van der Waals surface area contributed by atoms with Crippen LogP contribution < -0.4 is 11.2 Å². The Hall–Kier alpha value is -2.22. The van der Waals surface area contributed by atoms with Crippen molar-refractivity contribution in [3.63, 3.8) is 0 Å². The van der Waals surface area contributed by atoms with E-state index >= 15 is 0 Å². The van der Waals surface area contributed by atoms with E-state index in [0.29, 0.717) is 10.6 Å². The maximum Gasteiger partial charge on any atom is 0.416 e. The number of nitrogens with one attached hydrogen (secondary N) is 1. The number of aromatic amines is 1. The van der Waals surface area contributed by atoms with Crippen molar-refractivity contribution in [2.75, 3.05) is 0 Å². The van der Waals surface area contributed by atoms with Gasteiger partial charge in [0.05, 0.1) is 21.8 Å². The van der Waals surface area contributed by atoms with Gasteiger partial charge < -0.3 is 5.11 Å². The lowest BCUT2D eigenvalue weighted by Crippen LogP contribution is -2.30. The molecule has 5 nitrogen and oxygen atoms in total. The van der Waals surface area contributed by atoms with Crippen molar-refractivity contribution in [3.05, 3.63) is 55.2 Å². The van der Waals surface area contributed by atoms with Gasteiger partial charge in [0.25, 0.3) is 5.56 Å². The molecule has 0 saturated heterocycles. The van der Waals surface area contributed by atoms with Crippen LogP contribution in [0.15, 0.2) is 27.8 Å². The molecule has 0 radical (unpaired) electrons. The average Bonchev–Trinajstić information content (AvgIpc) is 2.37. The Kier molecular flexibility index (Phi) is 3.58. The van der Waals surface area contributed by atoms with Gasteiger partial charge in [-0.15, -0.1) is 0 Å². The van der Waals surface area contributed by atoms with E-state index in [1.807, 2.05) is 4.98 Å². The predicted molar refractivity (Wildman–Crippen MR) is 69.1 cm³/mol. The van der Waals surface area contributed by atoms with Crippen LogP contribution in [0.2, 0.25) is 5.02 Å². The molecule has 0 aliphatic rings. The highest BCUT2D eigenvalue weighted by Gasteiger charge is 2.31. The number of aromatic hydroxyl groups is 1. The molecule has 0 bridgehead atoms. The molecule has 0 fully saturated rings. The van der Waals surface area contributed by atoms with Crippen LogP contribution >= 0.6 is 11.6 Å². The number of rotatable bonds is 1. The molecule has 9 heteroatoms. The first kappa shape index (κ1) is 15.2. The zero-order valence-corrected chi connectivity index (χ0v) is 11.2. The van der Waals surface area contributed by atoms with Crippen molar-refractivity contribution in [1.29, 1.82) is 0 Å². The van der Waals surface area contributed by atoms with E-state index in [1.165, 1.54) is 6.92 Å². The molecule has 0 aliphatic heterocycles. The number of halogens is 4. The van der Waals surface area contributed by atoms with E-state index in [4.69, 9.17) is 11.6 Å². The first-order valence-electron chi connectivity index (χ1n) is 5.55. The third-order valence-corrected chi connectivity index (χ3v) is 3.15. The van der Waals surface area contributed by atoms with E-state index in [0.717, 1.165) is 12.1 Å². The second kappa shape index (κ2) is 4.96. The van der Waals surface area contributed by atoms with Crippen molar-refractivity contribution in [2.45, 2.75) is 13.1 Å². The van der Waals surface area contributed by atoms with E-state index in [1.54, 1.807) is 0 Å². The van der Waals surface area contributed by atoms with Crippen LogP contribution in [0.3, 0.4) is 0 Å². The first-order valence-corrected chi connectivity index (χ1v) is 5.92. The van der Waals surface area contributed by atoms with Gasteiger partial charge in [-0.25, -0.2) is 9.36 Å². The molecule has 0 atom stereocenters. The Bertz CT molecular complexity index is 824. The molecule has 2 rings (SSSR count). The second-order valence-corrected chi connectivity index (χ2v) is 4.61. The minimum Gasteiger partial charge on any atom is -0.494 e. The van der Waals surface area contributed by atoms with Gasteiger partial charge >= 0.3 is 11.9 Å². The van der Waals surface area contributed by atoms with Gasteiger partial charge in [0, 0.05) is 0 Å². The van der Waals surface area contributed by atoms with Crippen molar-refractivity contribution in [3.8, 4) is 11.6 Å². The summed E-state index contributed by atoms with van der Waals surface area (Å²) in [5, 5.41) is 9.65. The highest BCUT2D eigenvalue weighted by Crippen LogP contribution is 2.33. The number of aromatic nitrogens is 2. The highest BCUT2D eigenvalue weighted by atomic mass is 35.5. The fourth-order valence-electron chi connectivity index (χ4n) is 1.70. The van der Waals surface area contributed by atoms with Gasteiger partial charge in [0.15, 0.2) is 0 Å². The lowest BCUT2D eigenvalue weighted by atomic mass is 10.2. The number of nitrogens with zero attached hydrogens (tertiary/aromatic N) is 1. The van der Waals surface area contributed by atoms with E-state index in [2.05, 4.69) is 0 Å². The van der Waals surface area contributed by atoms with Crippen molar-refractivity contribution < 1.29 is 18.3 Å². The lowest BCUT2D eigenvalue weighted by molar-refractivity contribution is -0.137. The molecule has 1 aromatic carbocycles. The zero-order chi connectivity index (χ0) is 15.9. The molecular weight excluding hydrogens is 313 g/mol. The van der Waals surface area contributed by atoms with Crippen LogP contribution in [0.25, 0.3) is 5.69 Å². The molecule has 1 aromatic heterocycles. The lowest BCUT2D eigenvalue weighted by Gasteiger charge is -2.14. The highest BCUT2D eigenvalue weighted by molar-refractivity contribution is 6.32. The Morgan fingerprint density at radius 1 is 1.29 bits per heavy atom. The second-order valence-electron chi connectivity index (χ2n) is 4.21. The summed E-state index contributed by atoms with van der Waals surface area (Å²) < 4.78 is 38.6. The fraction of sp³-hybridized carbons (Fsp3) is 0.167. The van der Waals surface area contributed by atoms with Crippen molar-refractivity contribution >= 4 is 11.6 Å². The molecule has 0 unspecified atom stereocenters. The molecular formula is C12H8ClF3N2O3. The number of alkyl halides is 3. The van der Waals surface area contributed by atoms with Gasteiger partial charge in [-0.1, -0.05) is 11.6 Å².